The van der Waals surface area contributed by atoms with Crippen molar-refractivity contribution >= 4 is 11.9 Å². The van der Waals surface area contributed by atoms with Crippen LogP contribution in [-0.2, 0) is 16.0 Å². The molecule has 0 aliphatic rings. The van der Waals surface area contributed by atoms with Gasteiger partial charge in [-0.25, -0.2) is 0 Å². The highest BCUT2D eigenvalue weighted by molar-refractivity contribution is 5.70. The number of benzene rings is 1. The van der Waals surface area contributed by atoms with Gasteiger partial charge in [-0.2, -0.15) is 0 Å². The van der Waals surface area contributed by atoms with Crippen LogP contribution in [0.25, 0.3) is 0 Å². The quantitative estimate of drug-likeness (QED) is 0.560. The Morgan fingerprint density at radius 3 is 2.26 bits per heavy atom. The van der Waals surface area contributed by atoms with Gasteiger partial charge in [0.2, 0.25) is 0 Å². The third-order valence-electron chi connectivity index (χ3n) is 4.31. The van der Waals surface area contributed by atoms with E-state index in [1.54, 1.807) is 0 Å². The maximum atomic E-state index is 11.7. The van der Waals surface area contributed by atoms with Crippen molar-refractivity contribution in [1.82, 2.24) is 0 Å². The first-order valence-corrected chi connectivity index (χ1v) is 8.53. The zero-order valence-electron chi connectivity index (χ0n) is 13.9. The van der Waals surface area contributed by atoms with E-state index in [0.717, 1.165) is 37.7 Å². The van der Waals surface area contributed by atoms with E-state index in [0.29, 0.717) is 12.8 Å². The van der Waals surface area contributed by atoms with Gasteiger partial charge >= 0.3 is 11.9 Å². The van der Waals surface area contributed by atoms with Crippen molar-refractivity contribution in [3.8, 4) is 0 Å². The van der Waals surface area contributed by atoms with Crippen molar-refractivity contribution in [2.75, 3.05) is 0 Å². The average molecular weight is 320 g/mol. The Morgan fingerprint density at radius 2 is 1.70 bits per heavy atom. The predicted octanol–water partition coefficient (Wildman–Crippen LogP) is 4.38. The van der Waals surface area contributed by atoms with E-state index in [4.69, 9.17) is 5.11 Å². The summed E-state index contributed by atoms with van der Waals surface area (Å²) in [6.45, 7) is 2.13. The second-order valence-corrected chi connectivity index (χ2v) is 6.18. The van der Waals surface area contributed by atoms with Gasteiger partial charge in [-0.3, -0.25) is 9.59 Å². The highest BCUT2D eigenvalue weighted by Gasteiger charge is 2.27. The lowest BCUT2D eigenvalue weighted by molar-refractivity contribution is -0.145. The smallest absolute Gasteiger partial charge is 0.306 e. The molecule has 128 valence electrons. The van der Waals surface area contributed by atoms with Gasteiger partial charge in [0.05, 0.1) is 5.92 Å². The molecule has 1 aromatic rings. The molecule has 2 atom stereocenters. The van der Waals surface area contributed by atoms with Crippen LogP contribution in [0.2, 0.25) is 0 Å². The van der Waals surface area contributed by atoms with E-state index in [2.05, 4.69) is 6.92 Å². The van der Waals surface area contributed by atoms with Gasteiger partial charge in [0, 0.05) is 6.42 Å². The summed E-state index contributed by atoms with van der Waals surface area (Å²) in [6, 6.07) is 9.96. The van der Waals surface area contributed by atoms with Gasteiger partial charge in [-0.1, -0.05) is 56.5 Å². The van der Waals surface area contributed by atoms with Gasteiger partial charge in [-0.05, 0) is 37.2 Å². The summed E-state index contributed by atoms with van der Waals surface area (Å²) < 4.78 is 0. The fraction of sp³-hybridized carbons (Fsp3) is 0.579. The van der Waals surface area contributed by atoms with E-state index >= 15 is 0 Å². The number of hydrogen-bond donors (Lipinski definition) is 2. The topological polar surface area (TPSA) is 74.6 Å². The third-order valence-corrected chi connectivity index (χ3v) is 4.31. The molecule has 1 rings (SSSR count). The van der Waals surface area contributed by atoms with E-state index < -0.39 is 17.9 Å². The van der Waals surface area contributed by atoms with E-state index in [1.807, 2.05) is 30.3 Å². The molecule has 0 fully saturated rings. The monoisotopic (exact) mass is 320 g/mol. The summed E-state index contributed by atoms with van der Waals surface area (Å²) >= 11 is 0. The molecule has 2 N–H and O–H groups in total. The summed E-state index contributed by atoms with van der Waals surface area (Å²) in [4.78, 5) is 22.4. The van der Waals surface area contributed by atoms with Gasteiger partial charge in [0.1, 0.15) is 0 Å². The molecular weight excluding hydrogens is 292 g/mol. The van der Waals surface area contributed by atoms with Gasteiger partial charge in [0.15, 0.2) is 0 Å². The van der Waals surface area contributed by atoms with Crippen molar-refractivity contribution in [3.05, 3.63) is 35.9 Å². The average Bonchev–Trinajstić information content (AvgIpc) is 2.51. The molecule has 23 heavy (non-hydrogen) atoms. The maximum Gasteiger partial charge on any atom is 0.306 e. The van der Waals surface area contributed by atoms with Crippen molar-refractivity contribution < 1.29 is 19.8 Å². The molecule has 0 saturated carbocycles. The summed E-state index contributed by atoms with van der Waals surface area (Å²) in [6.07, 6.45) is 5.76. The molecule has 1 aromatic carbocycles. The van der Waals surface area contributed by atoms with Crippen LogP contribution in [0.3, 0.4) is 0 Å². The molecule has 4 heteroatoms. The fourth-order valence-electron chi connectivity index (χ4n) is 3.05. The number of aliphatic carboxylic acids is 2. The highest BCUT2D eigenvalue weighted by atomic mass is 16.4. The van der Waals surface area contributed by atoms with Crippen LogP contribution in [0, 0.1) is 11.8 Å². The zero-order valence-corrected chi connectivity index (χ0v) is 13.9. The Hall–Kier alpha value is -1.84. The zero-order chi connectivity index (χ0) is 17.1. The Morgan fingerprint density at radius 1 is 1.00 bits per heavy atom. The molecule has 0 saturated heterocycles. The molecule has 2 unspecified atom stereocenters. The van der Waals surface area contributed by atoms with Crippen molar-refractivity contribution in [1.29, 1.82) is 0 Å². The van der Waals surface area contributed by atoms with Crippen LogP contribution in [0.5, 0.6) is 0 Å². The fourth-order valence-corrected chi connectivity index (χ4v) is 3.05. The maximum absolute atomic E-state index is 11.7. The molecule has 0 heterocycles. The van der Waals surface area contributed by atoms with Gasteiger partial charge < -0.3 is 10.2 Å². The number of carboxylic acids is 2. The highest BCUT2D eigenvalue weighted by Crippen LogP contribution is 2.28. The molecule has 0 aromatic heterocycles. The van der Waals surface area contributed by atoms with Gasteiger partial charge in [-0.15, -0.1) is 0 Å². The van der Waals surface area contributed by atoms with E-state index in [9.17, 15) is 14.7 Å². The Labute approximate surface area is 138 Å². The molecule has 0 aliphatic carbocycles. The van der Waals surface area contributed by atoms with Crippen LogP contribution < -0.4 is 0 Å². The van der Waals surface area contributed by atoms with Crippen LogP contribution in [0.15, 0.2) is 30.3 Å². The van der Waals surface area contributed by atoms with Crippen molar-refractivity contribution in [2.24, 2.45) is 11.8 Å². The summed E-state index contributed by atoms with van der Waals surface area (Å²) in [5, 5.41) is 18.4. The number of hydrogen-bond acceptors (Lipinski definition) is 2. The number of rotatable bonds is 12. The lowest BCUT2D eigenvalue weighted by Crippen LogP contribution is -2.26. The third kappa shape index (κ3) is 7.82. The second-order valence-electron chi connectivity index (χ2n) is 6.18. The summed E-state index contributed by atoms with van der Waals surface area (Å²) in [5.41, 5.74) is 1.15. The molecule has 4 nitrogen and oxygen atoms in total. The summed E-state index contributed by atoms with van der Waals surface area (Å²) in [5.74, 6) is -2.06. The second kappa shape index (κ2) is 10.8. The SMILES string of the molecule is CCCCCC(Cc1ccccc1)C(CCCC(=O)O)C(=O)O. The molecule has 0 bridgehead atoms. The largest absolute Gasteiger partial charge is 0.481 e. The molecular formula is C19H28O4. The van der Waals surface area contributed by atoms with Crippen molar-refractivity contribution in [2.45, 2.75) is 58.3 Å². The van der Waals surface area contributed by atoms with E-state index in [1.165, 1.54) is 0 Å². The standard InChI is InChI=1S/C19H28O4/c1-2-3-5-11-16(14-15-9-6-4-7-10-15)17(19(22)23)12-8-13-18(20)21/h4,6-7,9-10,16-17H,2-3,5,8,11-14H2,1H3,(H,20,21)(H,22,23). The molecule has 0 radical (unpaired) electrons. The predicted molar refractivity (Wildman–Crippen MR) is 90.4 cm³/mol. The van der Waals surface area contributed by atoms with Crippen LogP contribution >= 0.6 is 0 Å². The van der Waals surface area contributed by atoms with Gasteiger partial charge in [0.25, 0.3) is 0 Å². The van der Waals surface area contributed by atoms with Crippen LogP contribution in [0.4, 0.5) is 0 Å². The number of unbranched alkanes of at least 4 members (excludes halogenated alkanes) is 2. The first-order chi connectivity index (χ1) is 11.0. The van der Waals surface area contributed by atoms with Crippen LogP contribution in [-0.4, -0.2) is 22.2 Å². The minimum absolute atomic E-state index is 0.0385. The number of carbonyl (C=O) groups is 2. The van der Waals surface area contributed by atoms with Crippen LogP contribution in [0.1, 0.15) is 57.4 Å². The summed E-state index contributed by atoms with van der Waals surface area (Å²) in [7, 11) is 0. The number of carboxylic acid groups (broad SMARTS) is 2. The first kappa shape index (κ1) is 19.2. The normalized spacial score (nSPS) is 13.4. The lowest BCUT2D eigenvalue weighted by atomic mass is 9.80. The Kier molecular flexibility index (Phi) is 9.03. The Balaban J connectivity index is 2.75. The van der Waals surface area contributed by atoms with E-state index in [-0.39, 0.29) is 12.3 Å². The van der Waals surface area contributed by atoms with Crippen molar-refractivity contribution in [3.63, 3.8) is 0 Å². The molecule has 0 amide bonds. The molecule has 0 spiro atoms. The minimum atomic E-state index is -0.861. The lowest BCUT2D eigenvalue weighted by Gasteiger charge is -2.24. The minimum Gasteiger partial charge on any atom is -0.481 e. The molecule has 0 aliphatic heterocycles. The first-order valence-electron chi connectivity index (χ1n) is 8.53. The Bertz CT molecular complexity index is 470.